The summed E-state index contributed by atoms with van der Waals surface area (Å²) in [5.41, 5.74) is 0.901. The van der Waals surface area contributed by atoms with Crippen molar-refractivity contribution in [2.45, 2.75) is 51.5 Å². The van der Waals surface area contributed by atoms with Gasteiger partial charge in [-0.1, -0.05) is 0 Å². The van der Waals surface area contributed by atoms with Gasteiger partial charge in [-0.25, -0.2) is 13.8 Å². The summed E-state index contributed by atoms with van der Waals surface area (Å²) in [4.78, 5) is 3.75. The number of nitrogens with zero attached hydrogens (tertiary/aromatic N) is 4. The summed E-state index contributed by atoms with van der Waals surface area (Å²) >= 11 is 0. The summed E-state index contributed by atoms with van der Waals surface area (Å²) in [5.74, 6) is -0.556. The third-order valence-corrected chi connectivity index (χ3v) is 3.86. The van der Waals surface area contributed by atoms with E-state index >= 15 is 0 Å². The van der Waals surface area contributed by atoms with Gasteiger partial charge >= 0.3 is 6.18 Å². The minimum atomic E-state index is -4.50. The number of halogens is 5. The molecule has 0 unspecified atom stereocenters. The van der Waals surface area contributed by atoms with Gasteiger partial charge in [0, 0.05) is 24.5 Å². The molecular formula is C14H16F5N5. The molecular weight excluding hydrogens is 333 g/mol. The molecule has 1 aliphatic heterocycles. The SMILES string of the molecule is FC(F)Cn1ccc(NCc2nc(C(F)(F)F)n3c2CCCC3)n1. The van der Waals surface area contributed by atoms with Crippen LogP contribution in [0.2, 0.25) is 0 Å². The van der Waals surface area contributed by atoms with E-state index in [1.165, 1.54) is 16.8 Å². The predicted octanol–water partition coefficient (Wildman–Crippen LogP) is 3.31. The van der Waals surface area contributed by atoms with Gasteiger partial charge in [0.1, 0.15) is 12.4 Å². The van der Waals surface area contributed by atoms with Gasteiger partial charge in [-0.05, 0) is 19.3 Å². The lowest BCUT2D eigenvalue weighted by molar-refractivity contribution is -0.147. The molecule has 1 N–H and O–H groups in total. The molecule has 3 heterocycles. The third kappa shape index (κ3) is 3.51. The topological polar surface area (TPSA) is 47.7 Å². The molecule has 3 rings (SSSR count). The third-order valence-electron chi connectivity index (χ3n) is 3.86. The lowest BCUT2D eigenvalue weighted by Gasteiger charge is -2.18. The van der Waals surface area contributed by atoms with Crippen molar-refractivity contribution in [3.63, 3.8) is 0 Å². The molecule has 0 saturated carbocycles. The lowest BCUT2D eigenvalue weighted by Crippen LogP contribution is -2.19. The van der Waals surface area contributed by atoms with Crippen LogP contribution in [0.5, 0.6) is 0 Å². The number of anilines is 1. The summed E-state index contributed by atoms with van der Waals surface area (Å²) < 4.78 is 66.1. The highest BCUT2D eigenvalue weighted by atomic mass is 19.4. The number of imidazole rings is 1. The first-order valence-electron chi connectivity index (χ1n) is 7.55. The van der Waals surface area contributed by atoms with Crippen molar-refractivity contribution in [1.29, 1.82) is 0 Å². The molecule has 24 heavy (non-hydrogen) atoms. The molecule has 0 fully saturated rings. The highest BCUT2D eigenvalue weighted by Crippen LogP contribution is 2.33. The first-order chi connectivity index (χ1) is 11.3. The van der Waals surface area contributed by atoms with E-state index in [0.717, 1.165) is 11.1 Å². The van der Waals surface area contributed by atoms with Crippen LogP contribution in [-0.2, 0) is 32.2 Å². The maximum atomic E-state index is 13.1. The molecule has 0 aliphatic carbocycles. The first-order valence-corrected chi connectivity index (χ1v) is 7.55. The van der Waals surface area contributed by atoms with Gasteiger partial charge in [0.2, 0.25) is 5.82 Å². The van der Waals surface area contributed by atoms with Crippen molar-refractivity contribution in [1.82, 2.24) is 19.3 Å². The minimum Gasteiger partial charge on any atom is -0.363 e. The molecule has 0 saturated heterocycles. The Kier molecular flexibility index (Phi) is 4.46. The Labute approximate surface area is 134 Å². The molecule has 2 aromatic heterocycles. The molecule has 132 valence electrons. The predicted molar refractivity (Wildman–Crippen MR) is 75.7 cm³/mol. The standard InChI is InChI=1S/C14H16F5N5/c15-11(16)8-23-6-4-12(22-23)20-7-9-10-3-1-2-5-24(10)13(21-9)14(17,18)19/h4,6,11H,1-3,5,7-8H2,(H,20,22). The number of rotatable bonds is 5. The second-order valence-electron chi connectivity index (χ2n) is 5.60. The molecule has 10 heteroatoms. The molecule has 0 bridgehead atoms. The zero-order valence-corrected chi connectivity index (χ0v) is 12.7. The van der Waals surface area contributed by atoms with Crippen molar-refractivity contribution in [3.05, 3.63) is 29.5 Å². The monoisotopic (exact) mass is 349 g/mol. The van der Waals surface area contributed by atoms with Crippen molar-refractivity contribution in [2.75, 3.05) is 5.32 Å². The Bertz CT molecular complexity index is 703. The fourth-order valence-corrected chi connectivity index (χ4v) is 2.85. The van der Waals surface area contributed by atoms with Crippen LogP contribution in [0.3, 0.4) is 0 Å². The summed E-state index contributed by atoms with van der Waals surface area (Å²) in [6.45, 7) is -0.156. The van der Waals surface area contributed by atoms with Crippen LogP contribution < -0.4 is 5.32 Å². The van der Waals surface area contributed by atoms with Gasteiger partial charge in [-0.3, -0.25) is 4.68 Å². The molecule has 0 aromatic carbocycles. The normalized spacial score (nSPS) is 14.9. The van der Waals surface area contributed by atoms with Gasteiger partial charge < -0.3 is 9.88 Å². The highest BCUT2D eigenvalue weighted by Gasteiger charge is 2.39. The number of hydrogen-bond acceptors (Lipinski definition) is 3. The van der Waals surface area contributed by atoms with Crippen LogP contribution in [0.25, 0.3) is 0 Å². The lowest BCUT2D eigenvalue weighted by atomic mass is 10.1. The van der Waals surface area contributed by atoms with E-state index in [4.69, 9.17) is 0 Å². The first kappa shape index (κ1) is 16.7. The van der Waals surface area contributed by atoms with E-state index in [1.54, 1.807) is 0 Å². The van der Waals surface area contributed by atoms with Crippen LogP contribution in [0.4, 0.5) is 27.8 Å². The van der Waals surface area contributed by atoms with Crippen LogP contribution in [-0.4, -0.2) is 25.8 Å². The van der Waals surface area contributed by atoms with Crippen LogP contribution in [0.1, 0.15) is 30.1 Å². The van der Waals surface area contributed by atoms with Crippen molar-refractivity contribution >= 4 is 5.82 Å². The minimum absolute atomic E-state index is 0.0666. The maximum absolute atomic E-state index is 13.1. The Hall–Kier alpha value is -2.13. The Balaban J connectivity index is 1.75. The zero-order chi connectivity index (χ0) is 17.3. The van der Waals surface area contributed by atoms with Crippen LogP contribution in [0, 0.1) is 0 Å². The second kappa shape index (κ2) is 6.40. The van der Waals surface area contributed by atoms with E-state index in [-0.39, 0.29) is 6.54 Å². The largest absolute Gasteiger partial charge is 0.449 e. The smallest absolute Gasteiger partial charge is 0.363 e. The van der Waals surface area contributed by atoms with E-state index in [1.807, 2.05) is 0 Å². The second-order valence-corrected chi connectivity index (χ2v) is 5.60. The van der Waals surface area contributed by atoms with Crippen molar-refractivity contribution in [3.8, 4) is 0 Å². The summed E-state index contributed by atoms with van der Waals surface area (Å²) in [5, 5.41) is 6.75. The molecule has 0 radical (unpaired) electrons. The Morgan fingerprint density at radius 2 is 2.04 bits per heavy atom. The molecule has 0 atom stereocenters. The van der Waals surface area contributed by atoms with Gasteiger partial charge in [0.05, 0.1) is 12.2 Å². The molecule has 2 aromatic rings. The fourth-order valence-electron chi connectivity index (χ4n) is 2.85. The average molecular weight is 349 g/mol. The maximum Gasteiger partial charge on any atom is 0.449 e. The van der Waals surface area contributed by atoms with Crippen LogP contribution >= 0.6 is 0 Å². The summed E-state index contributed by atoms with van der Waals surface area (Å²) in [6, 6.07) is 1.50. The molecule has 0 amide bonds. The van der Waals surface area contributed by atoms with Crippen molar-refractivity contribution in [2.24, 2.45) is 0 Å². The number of fused-ring (bicyclic) bond motifs is 1. The van der Waals surface area contributed by atoms with E-state index in [2.05, 4.69) is 15.4 Å². The Morgan fingerprint density at radius 3 is 2.75 bits per heavy atom. The van der Waals surface area contributed by atoms with Crippen LogP contribution in [0.15, 0.2) is 12.3 Å². The molecule has 0 spiro atoms. The van der Waals surface area contributed by atoms with Crippen molar-refractivity contribution < 1.29 is 22.0 Å². The van der Waals surface area contributed by atoms with Gasteiger partial charge in [0.25, 0.3) is 6.43 Å². The number of aromatic nitrogens is 4. The van der Waals surface area contributed by atoms with E-state index in [0.29, 0.717) is 36.6 Å². The van der Waals surface area contributed by atoms with Gasteiger partial charge in [0.15, 0.2) is 0 Å². The average Bonchev–Trinajstić information content (AvgIpc) is 3.08. The number of hydrogen-bond donors (Lipinski definition) is 1. The Morgan fingerprint density at radius 1 is 1.25 bits per heavy atom. The summed E-state index contributed by atoms with van der Waals surface area (Å²) in [7, 11) is 0. The quantitative estimate of drug-likeness (QED) is 0.843. The molecule has 1 aliphatic rings. The zero-order valence-electron chi connectivity index (χ0n) is 12.7. The fraction of sp³-hybridized carbons (Fsp3) is 0.571. The van der Waals surface area contributed by atoms with E-state index < -0.39 is 25.0 Å². The highest BCUT2D eigenvalue weighted by molar-refractivity contribution is 5.34. The molecule has 5 nitrogen and oxygen atoms in total. The van der Waals surface area contributed by atoms with Gasteiger partial charge in [-0.15, -0.1) is 0 Å². The summed E-state index contributed by atoms with van der Waals surface area (Å²) in [6.07, 6.45) is -3.58. The van der Waals surface area contributed by atoms with E-state index in [9.17, 15) is 22.0 Å². The number of alkyl halides is 5. The van der Waals surface area contributed by atoms with Gasteiger partial charge in [-0.2, -0.15) is 18.3 Å². The number of nitrogens with one attached hydrogen (secondary N) is 1.